The lowest BCUT2D eigenvalue weighted by Gasteiger charge is -2.19. The Kier molecular flexibility index (Phi) is 5.52. The van der Waals surface area contributed by atoms with Crippen molar-refractivity contribution in [3.8, 4) is 0 Å². The van der Waals surface area contributed by atoms with E-state index in [0.717, 1.165) is 0 Å². The number of carbonyl (C=O) groups is 2. The second-order valence-electron chi connectivity index (χ2n) is 6.30. The minimum atomic E-state index is -0.574. The van der Waals surface area contributed by atoms with Gasteiger partial charge in [-0.05, 0) is 24.3 Å². The number of hydrogen-bond acceptors (Lipinski definition) is 2. The summed E-state index contributed by atoms with van der Waals surface area (Å²) >= 11 is 12.2. The fourth-order valence-electron chi connectivity index (χ4n) is 1.90. The van der Waals surface area contributed by atoms with E-state index in [9.17, 15) is 9.59 Å². The number of benzene rings is 2. The van der Waals surface area contributed by atoms with Crippen LogP contribution in [0.25, 0.3) is 0 Å². The van der Waals surface area contributed by atoms with Gasteiger partial charge in [0.25, 0.3) is 5.91 Å². The van der Waals surface area contributed by atoms with E-state index >= 15 is 0 Å². The van der Waals surface area contributed by atoms with Crippen LogP contribution >= 0.6 is 23.2 Å². The van der Waals surface area contributed by atoms with Crippen molar-refractivity contribution in [2.24, 2.45) is 5.41 Å². The Morgan fingerprint density at radius 1 is 0.875 bits per heavy atom. The third kappa shape index (κ3) is 4.28. The smallest absolute Gasteiger partial charge is 0.257 e. The molecule has 2 amide bonds. The first kappa shape index (κ1) is 18.3. The average molecular weight is 365 g/mol. The molecule has 0 aliphatic carbocycles. The maximum atomic E-state index is 12.6. The summed E-state index contributed by atoms with van der Waals surface area (Å²) < 4.78 is 0. The van der Waals surface area contributed by atoms with Gasteiger partial charge in [0.05, 0.1) is 27.0 Å². The molecule has 24 heavy (non-hydrogen) atoms. The molecule has 0 radical (unpaired) electrons. The van der Waals surface area contributed by atoms with Crippen molar-refractivity contribution in [3.05, 3.63) is 58.1 Å². The predicted molar refractivity (Wildman–Crippen MR) is 98.9 cm³/mol. The van der Waals surface area contributed by atoms with Gasteiger partial charge in [-0.15, -0.1) is 0 Å². The molecule has 0 bridgehead atoms. The Morgan fingerprint density at radius 3 is 2.04 bits per heavy atom. The van der Waals surface area contributed by atoms with Gasteiger partial charge in [-0.2, -0.15) is 0 Å². The van der Waals surface area contributed by atoms with Gasteiger partial charge in [0.1, 0.15) is 0 Å². The molecule has 126 valence electrons. The van der Waals surface area contributed by atoms with E-state index < -0.39 is 11.3 Å². The molecule has 0 spiro atoms. The molecule has 0 aliphatic heterocycles. The van der Waals surface area contributed by atoms with Crippen molar-refractivity contribution in [2.45, 2.75) is 20.8 Å². The van der Waals surface area contributed by atoms with Crippen LogP contribution in [0.1, 0.15) is 31.1 Å². The molecular weight excluding hydrogens is 347 g/mol. The first-order chi connectivity index (χ1) is 11.2. The van der Waals surface area contributed by atoms with E-state index in [1.54, 1.807) is 63.2 Å². The van der Waals surface area contributed by atoms with Crippen molar-refractivity contribution < 1.29 is 9.59 Å². The number of hydrogen-bond donors (Lipinski definition) is 2. The topological polar surface area (TPSA) is 58.2 Å². The van der Waals surface area contributed by atoms with E-state index in [4.69, 9.17) is 23.2 Å². The summed E-state index contributed by atoms with van der Waals surface area (Å²) in [4.78, 5) is 24.8. The largest absolute Gasteiger partial charge is 0.325 e. The normalized spacial score (nSPS) is 11.0. The molecule has 2 N–H and O–H groups in total. The highest BCUT2D eigenvalue weighted by Gasteiger charge is 2.23. The van der Waals surface area contributed by atoms with Crippen LogP contribution in [0.3, 0.4) is 0 Å². The third-order valence-corrected chi connectivity index (χ3v) is 3.93. The van der Waals surface area contributed by atoms with Gasteiger partial charge in [-0.3, -0.25) is 9.59 Å². The summed E-state index contributed by atoms with van der Waals surface area (Å²) in [5.41, 5.74) is 0.516. The third-order valence-electron chi connectivity index (χ3n) is 3.30. The molecule has 0 aliphatic rings. The summed E-state index contributed by atoms with van der Waals surface area (Å²) in [5.74, 6) is -0.590. The molecule has 0 fully saturated rings. The molecule has 4 nitrogen and oxygen atoms in total. The van der Waals surface area contributed by atoms with Gasteiger partial charge in [0, 0.05) is 5.41 Å². The van der Waals surface area contributed by atoms with Crippen LogP contribution in [0.4, 0.5) is 11.4 Å². The van der Waals surface area contributed by atoms with Crippen molar-refractivity contribution in [1.29, 1.82) is 0 Å². The number of para-hydroxylation sites is 2. The second kappa shape index (κ2) is 7.24. The Morgan fingerprint density at radius 2 is 1.46 bits per heavy atom. The first-order valence-corrected chi connectivity index (χ1v) is 8.11. The van der Waals surface area contributed by atoms with Crippen molar-refractivity contribution >= 4 is 46.4 Å². The first-order valence-electron chi connectivity index (χ1n) is 7.36. The Hall–Kier alpha value is -2.04. The number of carbonyl (C=O) groups excluding carboxylic acids is 2. The molecule has 0 saturated carbocycles. The lowest BCUT2D eigenvalue weighted by molar-refractivity contribution is -0.123. The summed E-state index contributed by atoms with van der Waals surface area (Å²) in [6.07, 6.45) is 0. The standard InChI is InChI=1S/C18H18Cl2N2O2/c1-18(2,3)17(24)21-14-10-5-4-7-11(14)16(23)22-15-12(19)8-6-9-13(15)20/h4-10H,1-3H3,(H,21,24)(H,22,23). The van der Waals surface area contributed by atoms with E-state index in [2.05, 4.69) is 10.6 Å². The monoisotopic (exact) mass is 364 g/mol. The Balaban J connectivity index is 2.29. The van der Waals surface area contributed by atoms with Crippen molar-refractivity contribution in [3.63, 3.8) is 0 Å². The lowest BCUT2D eigenvalue weighted by Crippen LogP contribution is -2.28. The molecule has 2 aromatic carbocycles. The minimum Gasteiger partial charge on any atom is -0.325 e. The molecular formula is C18H18Cl2N2O2. The minimum absolute atomic E-state index is 0.182. The fourth-order valence-corrected chi connectivity index (χ4v) is 2.39. The van der Waals surface area contributed by atoms with Gasteiger partial charge in [-0.1, -0.05) is 62.2 Å². The zero-order valence-electron chi connectivity index (χ0n) is 13.6. The number of anilines is 2. The second-order valence-corrected chi connectivity index (χ2v) is 7.11. The highest BCUT2D eigenvalue weighted by molar-refractivity contribution is 6.40. The van der Waals surface area contributed by atoms with E-state index in [1.807, 2.05) is 0 Å². The Bertz CT molecular complexity index is 763. The Labute approximate surface area is 151 Å². The maximum absolute atomic E-state index is 12.6. The molecule has 0 atom stereocenters. The zero-order valence-corrected chi connectivity index (χ0v) is 15.1. The van der Waals surface area contributed by atoms with Gasteiger partial charge in [0.2, 0.25) is 5.91 Å². The quantitative estimate of drug-likeness (QED) is 0.782. The van der Waals surface area contributed by atoms with Gasteiger partial charge < -0.3 is 10.6 Å². The summed E-state index contributed by atoms with van der Waals surface area (Å²) in [6.45, 7) is 5.40. The van der Waals surface area contributed by atoms with Gasteiger partial charge in [-0.25, -0.2) is 0 Å². The molecule has 0 saturated heterocycles. The molecule has 0 aromatic heterocycles. The number of halogens is 2. The fraction of sp³-hybridized carbons (Fsp3) is 0.222. The summed E-state index contributed by atoms with van der Waals surface area (Å²) in [5, 5.41) is 6.15. The van der Waals surface area contributed by atoms with E-state index in [0.29, 0.717) is 27.0 Å². The molecule has 2 aromatic rings. The van der Waals surface area contributed by atoms with Crippen LogP contribution < -0.4 is 10.6 Å². The predicted octanol–water partition coefficient (Wildman–Crippen LogP) is 5.23. The molecule has 2 rings (SSSR count). The summed E-state index contributed by atoms with van der Waals surface area (Å²) in [7, 11) is 0. The van der Waals surface area contributed by atoms with Crippen LogP contribution in [0.5, 0.6) is 0 Å². The zero-order chi connectivity index (χ0) is 17.9. The SMILES string of the molecule is CC(C)(C)C(=O)Nc1ccccc1C(=O)Nc1c(Cl)cccc1Cl. The van der Waals surface area contributed by atoms with Crippen molar-refractivity contribution in [1.82, 2.24) is 0 Å². The van der Waals surface area contributed by atoms with E-state index in [-0.39, 0.29) is 5.91 Å². The van der Waals surface area contributed by atoms with Gasteiger partial charge >= 0.3 is 0 Å². The number of rotatable bonds is 3. The highest BCUT2D eigenvalue weighted by atomic mass is 35.5. The maximum Gasteiger partial charge on any atom is 0.257 e. The lowest BCUT2D eigenvalue weighted by atomic mass is 9.95. The number of nitrogens with one attached hydrogen (secondary N) is 2. The number of amides is 2. The van der Waals surface area contributed by atoms with Crippen LogP contribution in [-0.4, -0.2) is 11.8 Å². The van der Waals surface area contributed by atoms with Crippen molar-refractivity contribution in [2.75, 3.05) is 10.6 Å². The van der Waals surface area contributed by atoms with E-state index in [1.165, 1.54) is 0 Å². The molecule has 6 heteroatoms. The molecule has 0 unspecified atom stereocenters. The highest BCUT2D eigenvalue weighted by Crippen LogP contribution is 2.31. The van der Waals surface area contributed by atoms with Gasteiger partial charge in [0.15, 0.2) is 0 Å². The van der Waals surface area contributed by atoms with Crippen LogP contribution in [0.15, 0.2) is 42.5 Å². The van der Waals surface area contributed by atoms with Crippen LogP contribution in [0.2, 0.25) is 10.0 Å². The average Bonchev–Trinajstić information content (AvgIpc) is 2.50. The summed E-state index contributed by atoms with van der Waals surface area (Å²) in [6, 6.07) is 11.7. The van der Waals surface area contributed by atoms with Crippen LogP contribution in [-0.2, 0) is 4.79 Å². The van der Waals surface area contributed by atoms with Crippen LogP contribution in [0, 0.1) is 5.41 Å². The molecule has 0 heterocycles.